The number of carboxylic acid groups (broad SMARTS) is 1. The summed E-state index contributed by atoms with van der Waals surface area (Å²) in [4.78, 5) is 12.9. The lowest BCUT2D eigenvalue weighted by molar-refractivity contribution is -0.256. The topological polar surface area (TPSA) is 49.8 Å². The van der Waals surface area contributed by atoms with Crippen molar-refractivity contribution < 1.29 is 27.8 Å². The first-order valence-electron chi connectivity index (χ1n) is 11.1. The number of hydrogen-bond acceptors (Lipinski definition) is 3. The Bertz CT molecular complexity index is 913. The van der Waals surface area contributed by atoms with Crippen molar-refractivity contribution in [3.05, 3.63) is 54.1 Å². The van der Waals surface area contributed by atoms with E-state index in [1.165, 1.54) is 0 Å². The molecule has 1 saturated carbocycles. The van der Waals surface area contributed by atoms with E-state index in [4.69, 9.17) is 9.84 Å². The lowest BCUT2D eigenvalue weighted by atomic mass is 9.67. The van der Waals surface area contributed by atoms with E-state index >= 15 is 0 Å². The summed E-state index contributed by atoms with van der Waals surface area (Å²) < 4.78 is 46.2. The Balaban J connectivity index is 1.24. The van der Waals surface area contributed by atoms with E-state index in [1.807, 2.05) is 29.2 Å². The molecule has 0 atom stereocenters. The Morgan fingerprint density at radius 3 is 2.03 bits per heavy atom. The SMILES string of the molecule is O=C(O)c1ccc(-c2ccc(OCC3CCN(CC4(C(F)(F)F)CCC4)CC3)cc2)cc1. The van der Waals surface area contributed by atoms with Gasteiger partial charge in [-0.2, -0.15) is 13.2 Å². The molecule has 32 heavy (non-hydrogen) atoms. The average Bonchev–Trinajstić information content (AvgIpc) is 2.75. The number of carbonyl (C=O) groups is 1. The van der Waals surface area contributed by atoms with Gasteiger partial charge in [-0.15, -0.1) is 0 Å². The maximum Gasteiger partial charge on any atom is 0.395 e. The number of ether oxygens (including phenoxy) is 1. The molecule has 0 aromatic heterocycles. The van der Waals surface area contributed by atoms with Crippen LogP contribution < -0.4 is 4.74 Å². The highest BCUT2D eigenvalue weighted by molar-refractivity contribution is 5.88. The van der Waals surface area contributed by atoms with Gasteiger partial charge in [0.2, 0.25) is 0 Å². The van der Waals surface area contributed by atoms with E-state index in [-0.39, 0.29) is 24.9 Å². The second-order valence-corrected chi connectivity index (χ2v) is 9.07. The minimum atomic E-state index is -4.10. The summed E-state index contributed by atoms with van der Waals surface area (Å²) in [6.07, 6.45) is -1.20. The molecule has 0 amide bonds. The monoisotopic (exact) mass is 447 g/mol. The molecule has 172 valence electrons. The molecule has 2 aromatic rings. The summed E-state index contributed by atoms with van der Waals surface area (Å²) in [5.74, 6) is 0.149. The molecule has 1 aliphatic carbocycles. The molecule has 2 aliphatic rings. The first kappa shape index (κ1) is 22.6. The maximum absolute atomic E-state index is 13.4. The van der Waals surface area contributed by atoms with Crippen LogP contribution >= 0.6 is 0 Å². The number of aromatic carboxylic acids is 1. The van der Waals surface area contributed by atoms with Gasteiger partial charge in [0.15, 0.2) is 0 Å². The van der Waals surface area contributed by atoms with Gasteiger partial charge in [-0.25, -0.2) is 4.79 Å². The predicted molar refractivity (Wildman–Crippen MR) is 116 cm³/mol. The molecule has 2 fully saturated rings. The van der Waals surface area contributed by atoms with E-state index in [0.29, 0.717) is 32.0 Å². The fourth-order valence-corrected chi connectivity index (χ4v) is 4.64. The van der Waals surface area contributed by atoms with Crippen molar-refractivity contribution >= 4 is 5.97 Å². The largest absolute Gasteiger partial charge is 0.493 e. The van der Waals surface area contributed by atoms with Gasteiger partial charge in [0, 0.05) is 6.54 Å². The first-order valence-corrected chi connectivity index (χ1v) is 11.1. The normalized spacial score (nSPS) is 19.3. The van der Waals surface area contributed by atoms with Gasteiger partial charge in [0.1, 0.15) is 5.75 Å². The average molecular weight is 447 g/mol. The van der Waals surface area contributed by atoms with Gasteiger partial charge in [-0.05, 0) is 80.1 Å². The van der Waals surface area contributed by atoms with Crippen molar-refractivity contribution in [3.63, 3.8) is 0 Å². The summed E-state index contributed by atoms with van der Waals surface area (Å²) in [6, 6.07) is 14.4. The molecular weight excluding hydrogens is 419 g/mol. The van der Waals surface area contributed by atoms with Gasteiger partial charge >= 0.3 is 12.1 Å². The number of alkyl halides is 3. The lowest BCUT2D eigenvalue weighted by Gasteiger charge is -2.47. The van der Waals surface area contributed by atoms with Crippen molar-refractivity contribution in [2.75, 3.05) is 26.2 Å². The molecule has 4 rings (SSSR count). The third-order valence-corrected chi connectivity index (χ3v) is 6.95. The van der Waals surface area contributed by atoms with Gasteiger partial charge in [-0.1, -0.05) is 30.7 Å². The molecule has 0 radical (unpaired) electrons. The zero-order chi connectivity index (χ0) is 22.8. The van der Waals surface area contributed by atoms with E-state index in [9.17, 15) is 18.0 Å². The van der Waals surface area contributed by atoms with Gasteiger partial charge < -0.3 is 14.7 Å². The summed E-state index contributed by atoms with van der Waals surface area (Å²) in [6.45, 7) is 2.08. The van der Waals surface area contributed by atoms with Crippen molar-refractivity contribution in [1.29, 1.82) is 0 Å². The summed E-state index contributed by atoms with van der Waals surface area (Å²) in [7, 11) is 0. The zero-order valence-corrected chi connectivity index (χ0v) is 17.9. The maximum atomic E-state index is 13.4. The predicted octanol–water partition coefficient (Wildman–Crippen LogP) is 5.88. The minimum Gasteiger partial charge on any atom is -0.493 e. The Hall–Kier alpha value is -2.54. The molecule has 1 aliphatic heterocycles. The number of nitrogens with zero attached hydrogens (tertiary/aromatic N) is 1. The number of piperidine rings is 1. The molecule has 1 N–H and O–H groups in total. The standard InChI is InChI=1S/C25H28F3NO3/c26-25(27,28)24(12-1-13-24)17-29-14-10-18(11-15-29)16-32-22-8-6-20(7-9-22)19-2-4-21(5-3-19)23(30)31/h2-9,18H,1,10-17H2,(H,30,31). The fourth-order valence-electron chi connectivity index (χ4n) is 4.64. The zero-order valence-electron chi connectivity index (χ0n) is 17.9. The number of likely N-dealkylation sites (tertiary alicyclic amines) is 1. The molecule has 7 heteroatoms. The van der Waals surface area contributed by atoms with Crippen LogP contribution in [0.5, 0.6) is 5.75 Å². The molecule has 2 aromatic carbocycles. The number of hydrogen-bond donors (Lipinski definition) is 1. The molecule has 4 nitrogen and oxygen atoms in total. The van der Waals surface area contributed by atoms with E-state index in [2.05, 4.69) is 0 Å². The van der Waals surface area contributed by atoms with Crippen molar-refractivity contribution in [1.82, 2.24) is 4.90 Å². The Morgan fingerprint density at radius 1 is 1.00 bits per heavy atom. The van der Waals surface area contributed by atoms with Crippen LogP contribution in [0.25, 0.3) is 11.1 Å². The highest BCUT2D eigenvalue weighted by Gasteiger charge is 2.58. The number of carboxylic acids is 1. The van der Waals surface area contributed by atoms with Gasteiger partial charge in [0.25, 0.3) is 0 Å². The van der Waals surface area contributed by atoms with Crippen molar-refractivity contribution in [2.45, 2.75) is 38.3 Å². The van der Waals surface area contributed by atoms with Crippen LogP contribution in [0.2, 0.25) is 0 Å². The molecule has 1 saturated heterocycles. The number of halogens is 3. The molecule has 0 spiro atoms. The van der Waals surface area contributed by atoms with Crippen LogP contribution in [0.3, 0.4) is 0 Å². The van der Waals surface area contributed by atoms with E-state index < -0.39 is 17.6 Å². The molecule has 0 unspecified atom stereocenters. The second kappa shape index (κ2) is 9.14. The number of rotatable bonds is 7. The third-order valence-electron chi connectivity index (χ3n) is 6.95. The smallest absolute Gasteiger partial charge is 0.395 e. The van der Waals surface area contributed by atoms with Crippen molar-refractivity contribution in [3.8, 4) is 16.9 Å². The Morgan fingerprint density at radius 2 is 1.56 bits per heavy atom. The van der Waals surface area contributed by atoms with Crippen LogP contribution in [0.1, 0.15) is 42.5 Å². The second-order valence-electron chi connectivity index (χ2n) is 9.07. The van der Waals surface area contributed by atoms with Crippen LogP contribution in [0, 0.1) is 11.3 Å². The quantitative estimate of drug-likeness (QED) is 0.576. The Kier molecular flexibility index (Phi) is 6.47. The van der Waals surface area contributed by atoms with E-state index in [0.717, 1.165) is 29.7 Å². The molecular formula is C25H28F3NO3. The molecule has 0 bridgehead atoms. The van der Waals surface area contributed by atoms with Gasteiger partial charge in [-0.3, -0.25) is 0 Å². The summed E-state index contributed by atoms with van der Waals surface area (Å²) in [5.41, 5.74) is 0.668. The summed E-state index contributed by atoms with van der Waals surface area (Å²) >= 11 is 0. The highest BCUT2D eigenvalue weighted by atomic mass is 19.4. The van der Waals surface area contributed by atoms with Crippen LogP contribution in [-0.4, -0.2) is 48.4 Å². The number of benzene rings is 2. The fraction of sp³-hybridized carbons (Fsp3) is 0.480. The highest BCUT2D eigenvalue weighted by Crippen LogP contribution is 2.53. The van der Waals surface area contributed by atoms with Gasteiger partial charge in [0.05, 0.1) is 17.6 Å². The first-order chi connectivity index (χ1) is 15.3. The van der Waals surface area contributed by atoms with Crippen LogP contribution in [0.15, 0.2) is 48.5 Å². The Labute approximate surface area is 186 Å². The molecule has 1 heterocycles. The van der Waals surface area contributed by atoms with E-state index in [1.54, 1.807) is 24.3 Å². The van der Waals surface area contributed by atoms with Crippen LogP contribution in [0.4, 0.5) is 13.2 Å². The van der Waals surface area contributed by atoms with Crippen molar-refractivity contribution in [2.24, 2.45) is 11.3 Å². The lowest BCUT2D eigenvalue weighted by Crippen LogP contribution is -2.53. The minimum absolute atomic E-state index is 0.138. The summed E-state index contributed by atoms with van der Waals surface area (Å²) in [5, 5.41) is 9.00. The van der Waals surface area contributed by atoms with Crippen LogP contribution in [-0.2, 0) is 0 Å². The third kappa shape index (κ3) is 4.93.